The molecule has 1 heterocycles. The molecule has 0 aliphatic carbocycles. The van der Waals surface area contributed by atoms with Crippen LogP contribution in [0, 0.1) is 30.1 Å². The van der Waals surface area contributed by atoms with Crippen LogP contribution in [-0.2, 0) is 16.2 Å². The second kappa shape index (κ2) is 10.8. The lowest BCUT2D eigenvalue weighted by Gasteiger charge is -2.33. The molecule has 168 valence electrons. The van der Waals surface area contributed by atoms with Crippen molar-refractivity contribution >= 4 is 17.5 Å². The van der Waals surface area contributed by atoms with Crippen molar-refractivity contribution in [2.75, 3.05) is 18.4 Å². The van der Waals surface area contributed by atoms with Gasteiger partial charge < -0.3 is 15.0 Å². The number of likely N-dealkylation sites (tertiary alicyclic amines) is 1. The van der Waals surface area contributed by atoms with Crippen LogP contribution >= 0.6 is 0 Å². The number of carbonyl (C=O) groups excluding carboxylic acids is 2. The normalized spacial score (nSPS) is 16.7. The van der Waals surface area contributed by atoms with E-state index in [1.165, 1.54) is 0 Å². The molecule has 1 aliphatic rings. The molecule has 1 N–H and O–H groups in total. The molecule has 0 radical (unpaired) electrons. The second-order valence-electron chi connectivity index (χ2n) is 8.50. The Morgan fingerprint density at radius 1 is 1.28 bits per heavy atom. The molecule has 2 aromatic rings. The molecule has 2 atom stereocenters. The van der Waals surface area contributed by atoms with Gasteiger partial charge in [-0.05, 0) is 67.6 Å². The second-order valence-corrected chi connectivity index (χ2v) is 8.50. The molecule has 0 bridgehead atoms. The van der Waals surface area contributed by atoms with Crippen molar-refractivity contribution in [2.24, 2.45) is 11.8 Å². The highest BCUT2D eigenvalue weighted by molar-refractivity contribution is 5.94. The minimum absolute atomic E-state index is 0.00558. The maximum atomic E-state index is 12.9. The number of piperidine rings is 1. The first-order chi connectivity index (χ1) is 15.4. The van der Waals surface area contributed by atoms with E-state index in [1.807, 2.05) is 56.0 Å². The molecule has 0 spiro atoms. The number of nitrogens with zero attached hydrogens (tertiary/aromatic N) is 2. The Morgan fingerprint density at radius 3 is 2.81 bits per heavy atom. The number of aryl methyl sites for hydroxylation is 1. The molecule has 6 nitrogen and oxygen atoms in total. The summed E-state index contributed by atoms with van der Waals surface area (Å²) in [6.07, 6.45) is 2.45. The number of nitrogens with one attached hydrogen (secondary N) is 1. The van der Waals surface area contributed by atoms with Gasteiger partial charge >= 0.3 is 0 Å². The average molecular weight is 434 g/mol. The van der Waals surface area contributed by atoms with Gasteiger partial charge in [-0.3, -0.25) is 9.59 Å². The van der Waals surface area contributed by atoms with E-state index in [9.17, 15) is 9.59 Å². The van der Waals surface area contributed by atoms with E-state index in [2.05, 4.69) is 11.4 Å². The Morgan fingerprint density at radius 2 is 2.09 bits per heavy atom. The Kier molecular flexibility index (Phi) is 7.88. The van der Waals surface area contributed by atoms with Crippen LogP contribution in [0.25, 0.3) is 0 Å². The zero-order valence-electron chi connectivity index (χ0n) is 19.1. The molecular weight excluding hydrogens is 402 g/mol. The minimum Gasteiger partial charge on any atom is -0.489 e. The zero-order chi connectivity index (χ0) is 23.1. The van der Waals surface area contributed by atoms with E-state index in [0.717, 1.165) is 42.6 Å². The van der Waals surface area contributed by atoms with E-state index in [4.69, 9.17) is 10.00 Å². The summed E-state index contributed by atoms with van der Waals surface area (Å²) in [5.74, 6) is 0.596. The Bertz CT molecular complexity index is 1010. The molecular formula is C26H31N3O3. The van der Waals surface area contributed by atoms with Gasteiger partial charge in [0.25, 0.3) is 0 Å². The van der Waals surface area contributed by atoms with E-state index < -0.39 is 0 Å². The lowest BCUT2D eigenvalue weighted by Crippen LogP contribution is -2.45. The lowest BCUT2D eigenvalue weighted by molar-refractivity contribution is -0.138. The van der Waals surface area contributed by atoms with Gasteiger partial charge in [-0.2, -0.15) is 5.26 Å². The highest BCUT2D eigenvalue weighted by Crippen LogP contribution is 2.25. The highest BCUT2D eigenvalue weighted by Gasteiger charge is 2.30. The van der Waals surface area contributed by atoms with Crippen LogP contribution in [0.15, 0.2) is 42.5 Å². The number of ether oxygens (including phenoxy) is 1. The predicted molar refractivity (Wildman–Crippen MR) is 124 cm³/mol. The first-order valence-electron chi connectivity index (χ1n) is 11.2. The van der Waals surface area contributed by atoms with Crippen molar-refractivity contribution < 1.29 is 14.3 Å². The van der Waals surface area contributed by atoms with Crippen LogP contribution in [0.3, 0.4) is 0 Å². The Balaban J connectivity index is 1.58. The monoisotopic (exact) mass is 433 g/mol. The predicted octanol–water partition coefficient (Wildman–Crippen LogP) is 4.67. The molecule has 2 unspecified atom stereocenters. The molecule has 6 heteroatoms. The average Bonchev–Trinajstić information content (AvgIpc) is 2.83. The molecule has 2 amide bonds. The molecule has 1 fully saturated rings. The fraction of sp³-hybridized carbons (Fsp3) is 0.423. The topological polar surface area (TPSA) is 82.4 Å². The van der Waals surface area contributed by atoms with Gasteiger partial charge in [0.05, 0.1) is 17.6 Å². The minimum atomic E-state index is -0.195. The third-order valence-corrected chi connectivity index (χ3v) is 6.06. The van der Waals surface area contributed by atoms with E-state index in [-0.39, 0.29) is 23.7 Å². The standard InChI is InChI=1S/C26H31N3O3/c1-4-18(2)26(31)29-12-6-9-22(16-29)25(30)28-24-11-10-23(13-19(24)3)32-17-21-8-5-7-20(14-21)15-27/h5,7-8,10-11,13-14,18,22H,4,6,9,12,16-17H2,1-3H3,(H,28,30). The number of hydrogen-bond donors (Lipinski definition) is 1. The first kappa shape index (κ1) is 23.3. The van der Waals surface area contributed by atoms with Crippen molar-refractivity contribution in [3.8, 4) is 11.8 Å². The SMILES string of the molecule is CCC(C)C(=O)N1CCCC(C(=O)Nc2ccc(OCc3cccc(C#N)c3)cc2C)C1. The molecule has 0 aromatic heterocycles. The van der Waals surface area contributed by atoms with E-state index in [1.54, 1.807) is 12.1 Å². The quantitative estimate of drug-likeness (QED) is 0.688. The number of rotatable bonds is 7. The van der Waals surface area contributed by atoms with Gasteiger partial charge in [-0.25, -0.2) is 0 Å². The Labute approximate surface area is 190 Å². The summed E-state index contributed by atoms with van der Waals surface area (Å²) in [4.78, 5) is 27.2. The highest BCUT2D eigenvalue weighted by atomic mass is 16.5. The third kappa shape index (κ3) is 5.88. The summed E-state index contributed by atoms with van der Waals surface area (Å²) in [5, 5.41) is 12.0. The number of carbonyl (C=O) groups is 2. The number of nitriles is 1. The van der Waals surface area contributed by atoms with Crippen LogP contribution in [-0.4, -0.2) is 29.8 Å². The summed E-state index contributed by atoms with van der Waals surface area (Å²) in [7, 11) is 0. The summed E-state index contributed by atoms with van der Waals surface area (Å²) >= 11 is 0. The molecule has 0 saturated carbocycles. The van der Waals surface area contributed by atoms with Gasteiger partial charge in [-0.1, -0.05) is 26.0 Å². The smallest absolute Gasteiger partial charge is 0.229 e. The number of hydrogen-bond acceptors (Lipinski definition) is 4. The summed E-state index contributed by atoms with van der Waals surface area (Å²) in [6, 6.07) is 15.0. The van der Waals surface area contributed by atoms with E-state index >= 15 is 0 Å². The van der Waals surface area contributed by atoms with Crippen LogP contribution in [0.2, 0.25) is 0 Å². The third-order valence-electron chi connectivity index (χ3n) is 6.06. The number of amides is 2. The maximum Gasteiger partial charge on any atom is 0.229 e. The summed E-state index contributed by atoms with van der Waals surface area (Å²) in [6.45, 7) is 7.46. The van der Waals surface area contributed by atoms with Crippen LogP contribution in [0.1, 0.15) is 49.8 Å². The van der Waals surface area contributed by atoms with Gasteiger partial charge in [0, 0.05) is 24.7 Å². The lowest BCUT2D eigenvalue weighted by atomic mass is 9.95. The molecule has 2 aromatic carbocycles. The largest absolute Gasteiger partial charge is 0.489 e. The zero-order valence-corrected chi connectivity index (χ0v) is 19.1. The molecule has 3 rings (SSSR count). The van der Waals surface area contributed by atoms with Gasteiger partial charge in [-0.15, -0.1) is 0 Å². The van der Waals surface area contributed by atoms with Crippen molar-refractivity contribution in [2.45, 2.75) is 46.6 Å². The van der Waals surface area contributed by atoms with Gasteiger partial charge in [0.1, 0.15) is 12.4 Å². The van der Waals surface area contributed by atoms with Crippen molar-refractivity contribution in [3.63, 3.8) is 0 Å². The van der Waals surface area contributed by atoms with Crippen LogP contribution < -0.4 is 10.1 Å². The van der Waals surface area contributed by atoms with Crippen LogP contribution in [0.5, 0.6) is 5.75 Å². The molecule has 1 aliphatic heterocycles. The summed E-state index contributed by atoms with van der Waals surface area (Å²) < 4.78 is 5.86. The van der Waals surface area contributed by atoms with Gasteiger partial charge in [0.2, 0.25) is 11.8 Å². The summed E-state index contributed by atoms with van der Waals surface area (Å²) in [5.41, 5.74) is 3.18. The fourth-order valence-electron chi connectivity index (χ4n) is 3.88. The van der Waals surface area contributed by atoms with Crippen molar-refractivity contribution in [1.29, 1.82) is 5.26 Å². The number of benzene rings is 2. The molecule has 32 heavy (non-hydrogen) atoms. The van der Waals surface area contributed by atoms with E-state index in [0.29, 0.717) is 24.5 Å². The maximum absolute atomic E-state index is 12.9. The fourth-order valence-corrected chi connectivity index (χ4v) is 3.88. The van der Waals surface area contributed by atoms with Crippen LogP contribution in [0.4, 0.5) is 5.69 Å². The number of anilines is 1. The van der Waals surface area contributed by atoms with Gasteiger partial charge in [0.15, 0.2) is 0 Å². The Hall–Kier alpha value is -3.33. The first-order valence-corrected chi connectivity index (χ1v) is 11.2. The van der Waals surface area contributed by atoms with Crippen molar-refractivity contribution in [1.82, 2.24) is 4.90 Å². The van der Waals surface area contributed by atoms with Crippen molar-refractivity contribution in [3.05, 3.63) is 59.2 Å². The molecule has 1 saturated heterocycles.